The Morgan fingerprint density at radius 2 is 1.52 bits per heavy atom. The molecule has 0 spiro atoms. The minimum atomic E-state index is 0.860. The van der Waals surface area contributed by atoms with Crippen molar-refractivity contribution in [2.75, 3.05) is 7.11 Å². The van der Waals surface area contributed by atoms with Gasteiger partial charge in [0.2, 0.25) is 0 Å². The number of methoxy groups -OCH3 is 1. The highest BCUT2D eigenvalue weighted by atomic mass is 16.5. The number of para-hydroxylation sites is 2. The first kappa shape index (κ1) is 15.5. The molecule has 0 saturated carbocycles. The number of benzene rings is 3. The maximum absolute atomic E-state index is 5.28. The number of fused-ring (bicyclic) bond motifs is 1. The SMILES string of the molecule is COc1ccc(-n2c(CCc3ccccc3)nc3ccccc32)cc1. The highest BCUT2D eigenvalue weighted by Crippen LogP contribution is 2.24. The third kappa shape index (κ3) is 3.13. The van der Waals surface area contributed by atoms with Gasteiger partial charge in [0.1, 0.15) is 11.6 Å². The lowest BCUT2D eigenvalue weighted by atomic mass is 10.1. The molecule has 0 aliphatic rings. The summed E-state index contributed by atoms with van der Waals surface area (Å²) in [6.07, 6.45) is 1.87. The van der Waals surface area contributed by atoms with E-state index in [0.717, 1.165) is 41.1 Å². The van der Waals surface area contributed by atoms with Crippen molar-refractivity contribution in [1.29, 1.82) is 0 Å². The fourth-order valence-corrected chi connectivity index (χ4v) is 3.16. The Hall–Kier alpha value is -3.07. The van der Waals surface area contributed by atoms with Gasteiger partial charge in [-0.2, -0.15) is 0 Å². The van der Waals surface area contributed by atoms with E-state index >= 15 is 0 Å². The predicted molar refractivity (Wildman–Crippen MR) is 101 cm³/mol. The lowest BCUT2D eigenvalue weighted by molar-refractivity contribution is 0.414. The van der Waals surface area contributed by atoms with Crippen LogP contribution in [0.4, 0.5) is 0 Å². The van der Waals surface area contributed by atoms with Crippen LogP contribution in [0.5, 0.6) is 5.75 Å². The molecular weight excluding hydrogens is 308 g/mol. The zero-order valence-electron chi connectivity index (χ0n) is 14.2. The molecule has 1 heterocycles. The molecule has 3 heteroatoms. The van der Waals surface area contributed by atoms with Crippen molar-refractivity contribution in [3.05, 3.63) is 90.3 Å². The molecule has 4 rings (SSSR count). The van der Waals surface area contributed by atoms with Crippen LogP contribution in [0, 0.1) is 0 Å². The molecule has 0 bridgehead atoms. The van der Waals surface area contributed by atoms with E-state index in [1.165, 1.54) is 5.56 Å². The van der Waals surface area contributed by atoms with E-state index in [2.05, 4.69) is 65.2 Å². The first-order valence-corrected chi connectivity index (χ1v) is 8.50. The zero-order valence-corrected chi connectivity index (χ0v) is 14.2. The van der Waals surface area contributed by atoms with E-state index in [1.54, 1.807) is 7.11 Å². The average molecular weight is 328 g/mol. The molecule has 0 unspecified atom stereocenters. The molecule has 3 nitrogen and oxygen atoms in total. The Morgan fingerprint density at radius 1 is 0.800 bits per heavy atom. The summed E-state index contributed by atoms with van der Waals surface area (Å²) in [5.41, 5.74) is 4.60. The van der Waals surface area contributed by atoms with E-state index in [-0.39, 0.29) is 0 Å². The predicted octanol–water partition coefficient (Wildman–Crippen LogP) is 4.82. The van der Waals surface area contributed by atoms with Crippen LogP contribution in [-0.2, 0) is 12.8 Å². The smallest absolute Gasteiger partial charge is 0.119 e. The number of hydrogen-bond donors (Lipinski definition) is 0. The molecule has 0 atom stereocenters. The summed E-state index contributed by atoms with van der Waals surface area (Å²) in [5, 5.41) is 0. The molecular formula is C22H20N2O. The van der Waals surface area contributed by atoms with Crippen LogP contribution in [0.3, 0.4) is 0 Å². The summed E-state index contributed by atoms with van der Waals surface area (Å²) >= 11 is 0. The highest BCUT2D eigenvalue weighted by Gasteiger charge is 2.12. The van der Waals surface area contributed by atoms with Gasteiger partial charge in [0.05, 0.1) is 18.1 Å². The number of aromatic nitrogens is 2. The Bertz CT molecular complexity index is 972. The van der Waals surface area contributed by atoms with Crippen molar-refractivity contribution >= 4 is 11.0 Å². The highest BCUT2D eigenvalue weighted by molar-refractivity contribution is 5.78. The van der Waals surface area contributed by atoms with Crippen LogP contribution >= 0.6 is 0 Å². The van der Waals surface area contributed by atoms with Gasteiger partial charge in [-0.3, -0.25) is 4.57 Å². The lowest BCUT2D eigenvalue weighted by Gasteiger charge is -2.10. The second kappa shape index (κ2) is 6.81. The van der Waals surface area contributed by atoms with E-state index in [0.29, 0.717) is 0 Å². The standard InChI is InChI=1S/C22H20N2O/c1-25-19-14-12-18(13-15-19)24-21-10-6-5-9-20(21)23-22(24)16-11-17-7-3-2-4-8-17/h2-10,12-15H,11,16H2,1H3. The third-order valence-corrected chi connectivity index (χ3v) is 4.44. The zero-order chi connectivity index (χ0) is 17.1. The third-order valence-electron chi connectivity index (χ3n) is 4.44. The summed E-state index contributed by atoms with van der Waals surface area (Å²) in [6, 6.07) is 27.0. The monoisotopic (exact) mass is 328 g/mol. The van der Waals surface area contributed by atoms with Crippen molar-refractivity contribution in [2.45, 2.75) is 12.8 Å². The molecule has 124 valence electrons. The minimum Gasteiger partial charge on any atom is -0.497 e. The van der Waals surface area contributed by atoms with Gasteiger partial charge in [-0.25, -0.2) is 4.98 Å². The number of imidazole rings is 1. The van der Waals surface area contributed by atoms with Crippen molar-refractivity contribution < 1.29 is 4.74 Å². The van der Waals surface area contributed by atoms with Gasteiger partial charge in [0, 0.05) is 12.1 Å². The number of rotatable bonds is 5. The van der Waals surface area contributed by atoms with Gasteiger partial charge in [-0.15, -0.1) is 0 Å². The van der Waals surface area contributed by atoms with Gasteiger partial charge in [0.15, 0.2) is 0 Å². The molecule has 1 aromatic heterocycles. The van der Waals surface area contributed by atoms with Crippen LogP contribution in [-0.4, -0.2) is 16.7 Å². The van der Waals surface area contributed by atoms with Crippen LogP contribution in [0.15, 0.2) is 78.9 Å². The van der Waals surface area contributed by atoms with E-state index in [9.17, 15) is 0 Å². The van der Waals surface area contributed by atoms with Gasteiger partial charge in [-0.1, -0.05) is 42.5 Å². The molecule has 0 saturated heterocycles. The summed E-state index contributed by atoms with van der Waals surface area (Å²) < 4.78 is 7.53. The van der Waals surface area contributed by atoms with Crippen molar-refractivity contribution in [3.63, 3.8) is 0 Å². The number of hydrogen-bond acceptors (Lipinski definition) is 2. The molecule has 0 aliphatic heterocycles. The fourth-order valence-electron chi connectivity index (χ4n) is 3.16. The molecule has 4 aromatic rings. The summed E-state index contributed by atoms with van der Waals surface area (Å²) in [4.78, 5) is 4.88. The molecule has 0 radical (unpaired) electrons. The average Bonchev–Trinajstić information content (AvgIpc) is 3.05. The first-order chi connectivity index (χ1) is 12.3. The Morgan fingerprint density at radius 3 is 2.28 bits per heavy atom. The maximum atomic E-state index is 5.28. The largest absolute Gasteiger partial charge is 0.497 e. The van der Waals surface area contributed by atoms with Crippen LogP contribution in [0.1, 0.15) is 11.4 Å². The molecule has 0 N–H and O–H groups in total. The van der Waals surface area contributed by atoms with Crippen molar-refractivity contribution in [3.8, 4) is 11.4 Å². The second-order valence-electron chi connectivity index (χ2n) is 6.04. The molecule has 0 aliphatic carbocycles. The van der Waals surface area contributed by atoms with Crippen molar-refractivity contribution in [1.82, 2.24) is 9.55 Å². The topological polar surface area (TPSA) is 27.1 Å². The van der Waals surface area contributed by atoms with Crippen LogP contribution in [0.25, 0.3) is 16.7 Å². The molecule has 3 aromatic carbocycles. The molecule has 0 fully saturated rings. The van der Waals surface area contributed by atoms with Gasteiger partial charge < -0.3 is 4.74 Å². The summed E-state index contributed by atoms with van der Waals surface area (Å²) in [5.74, 6) is 1.94. The Kier molecular flexibility index (Phi) is 4.21. The quantitative estimate of drug-likeness (QED) is 0.525. The van der Waals surface area contributed by atoms with Gasteiger partial charge in [0.25, 0.3) is 0 Å². The van der Waals surface area contributed by atoms with E-state index in [1.807, 2.05) is 18.2 Å². The second-order valence-corrected chi connectivity index (χ2v) is 6.04. The minimum absolute atomic E-state index is 0.860. The first-order valence-electron chi connectivity index (χ1n) is 8.50. The number of aryl methyl sites for hydroxylation is 2. The van der Waals surface area contributed by atoms with Crippen LogP contribution in [0.2, 0.25) is 0 Å². The summed E-state index contributed by atoms with van der Waals surface area (Å²) in [7, 11) is 1.69. The lowest BCUT2D eigenvalue weighted by Crippen LogP contribution is -2.03. The Balaban J connectivity index is 1.75. The molecule has 25 heavy (non-hydrogen) atoms. The summed E-state index contributed by atoms with van der Waals surface area (Å²) in [6.45, 7) is 0. The van der Waals surface area contributed by atoms with Crippen molar-refractivity contribution in [2.24, 2.45) is 0 Å². The van der Waals surface area contributed by atoms with Gasteiger partial charge >= 0.3 is 0 Å². The maximum Gasteiger partial charge on any atom is 0.119 e. The van der Waals surface area contributed by atoms with Gasteiger partial charge in [-0.05, 0) is 48.4 Å². The normalized spacial score (nSPS) is 10.9. The fraction of sp³-hybridized carbons (Fsp3) is 0.136. The van der Waals surface area contributed by atoms with E-state index < -0.39 is 0 Å². The van der Waals surface area contributed by atoms with E-state index in [4.69, 9.17) is 9.72 Å². The molecule has 0 amide bonds. The number of nitrogens with zero attached hydrogens (tertiary/aromatic N) is 2. The van der Waals surface area contributed by atoms with Crippen LogP contribution < -0.4 is 4.74 Å². The number of ether oxygens (including phenoxy) is 1. The Labute approximate surface area is 147 Å².